The second-order valence-electron chi connectivity index (χ2n) is 7.00. The van der Waals surface area contributed by atoms with Crippen molar-refractivity contribution in [2.75, 3.05) is 20.0 Å². The average molecular weight is 437 g/mol. The lowest BCUT2D eigenvalue weighted by molar-refractivity contribution is 0.292. The topological polar surface area (TPSA) is 119 Å². The number of nitriles is 1. The number of benzene rings is 2. The first-order valence-corrected chi connectivity index (χ1v) is 11.2. The molecular formula is C21H19N5O4S. The Morgan fingerprint density at radius 2 is 1.90 bits per heavy atom. The standard InChI is InChI=1S/C21H19N5O4S/c1-13-24-25-21-18(12-30-31(3,27)28)23-20(15-6-4-14(11-22)5-7-15)17-10-16(29-2)8-9-19(17)26(13)21/h4-10,18H,12H2,1-3H3/t18-/m0/s1. The van der Waals surface area contributed by atoms with Gasteiger partial charge >= 0.3 is 0 Å². The van der Waals surface area contributed by atoms with Crippen LogP contribution in [0.1, 0.15) is 34.4 Å². The molecule has 0 unspecified atom stereocenters. The first-order valence-electron chi connectivity index (χ1n) is 9.34. The number of aryl methyl sites for hydroxylation is 1. The summed E-state index contributed by atoms with van der Waals surface area (Å²) in [6, 6.07) is 14.0. The largest absolute Gasteiger partial charge is 0.497 e. The third kappa shape index (κ3) is 4.05. The lowest BCUT2D eigenvalue weighted by Gasteiger charge is -2.14. The van der Waals surface area contributed by atoms with Crippen molar-refractivity contribution in [2.24, 2.45) is 4.99 Å². The molecule has 2 aromatic carbocycles. The van der Waals surface area contributed by atoms with Gasteiger partial charge in [0.1, 0.15) is 17.6 Å². The van der Waals surface area contributed by atoms with Gasteiger partial charge in [0.25, 0.3) is 10.1 Å². The molecule has 0 N–H and O–H groups in total. The Labute approximate surface area is 179 Å². The van der Waals surface area contributed by atoms with Crippen molar-refractivity contribution in [3.8, 4) is 17.5 Å². The van der Waals surface area contributed by atoms with Gasteiger partial charge in [0.2, 0.25) is 0 Å². The lowest BCUT2D eigenvalue weighted by Crippen LogP contribution is -2.15. The van der Waals surface area contributed by atoms with Gasteiger partial charge in [-0.2, -0.15) is 13.7 Å². The Bertz CT molecular complexity index is 1320. The zero-order valence-electron chi connectivity index (χ0n) is 17.1. The number of methoxy groups -OCH3 is 1. The predicted molar refractivity (Wildman–Crippen MR) is 113 cm³/mol. The Balaban J connectivity index is 1.96. The zero-order chi connectivity index (χ0) is 22.2. The van der Waals surface area contributed by atoms with Crippen molar-refractivity contribution in [3.05, 3.63) is 70.8 Å². The summed E-state index contributed by atoms with van der Waals surface area (Å²) < 4.78 is 35.6. The highest BCUT2D eigenvalue weighted by Crippen LogP contribution is 2.33. The Morgan fingerprint density at radius 3 is 2.55 bits per heavy atom. The summed E-state index contributed by atoms with van der Waals surface area (Å²) in [7, 11) is -2.10. The maximum absolute atomic E-state index is 11.6. The summed E-state index contributed by atoms with van der Waals surface area (Å²) in [5.41, 5.74) is 3.42. The smallest absolute Gasteiger partial charge is 0.264 e. The fourth-order valence-corrected chi connectivity index (χ4v) is 3.81. The van der Waals surface area contributed by atoms with E-state index >= 15 is 0 Å². The first kappa shape index (κ1) is 20.7. The van der Waals surface area contributed by atoms with Crippen LogP contribution in [0.15, 0.2) is 47.5 Å². The summed E-state index contributed by atoms with van der Waals surface area (Å²) in [5.74, 6) is 1.73. The van der Waals surface area contributed by atoms with Crippen LogP contribution in [0, 0.1) is 18.3 Å². The van der Waals surface area contributed by atoms with Gasteiger partial charge in [-0.05, 0) is 37.3 Å². The molecule has 0 bridgehead atoms. The van der Waals surface area contributed by atoms with Gasteiger partial charge in [-0.15, -0.1) is 10.2 Å². The van der Waals surface area contributed by atoms with E-state index in [-0.39, 0.29) is 6.61 Å². The van der Waals surface area contributed by atoms with E-state index in [1.807, 2.05) is 29.7 Å². The third-order valence-corrected chi connectivity index (χ3v) is 5.42. The maximum atomic E-state index is 11.6. The molecule has 31 heavy (non-hydrogen) atoms. The van der Waals surface area contributed by atoms with Crippen LogP contribution in [0.4, 0.5) is 0 Å². The summed E-state index contributed by atoms with van der Waals surface area (Å²) in [4.78, 5) is 4.84. The molecule has 0 radical (unpaired) electrons. The monoisotopic (exact) mass is 437 g/mol. The van der Waals surface area contributed by atoms with E-state index in [0.717, 1.165) is 23.1 Å². The summed E-state index contributed by atoms with van der Waals surface area (Å²) >= 11 is 0. The molecule has 1 aliphatic rings. The van der Waals surface area contributed by atoms with E-state index in [1.54, 1.807) is 31.4 Å². The summed E-state index contributed by atoms with van der Waals surface area (Å²) in [6.45, 7) is 1.59. The van der Waals surface area contributed by atoms with Crippen LogP contribution in [-0.4, -0.2) is 48.9 Å². The van der Waals surface area contributed by atoms with Crippen molar-refractivity contribution >= 4 is 15.8 Å². The molecule has 0 saturated heterocycles. The van der Waals surface area contributed by atoms with Crippen LogP contribution in [0.25, 0.3) is 5.69 Å². The highest BCUT2D eigenvalue weighted by molar-refractivity contribution is 7.85. The minimum Gasteiger partial charge on any atom is -0.497 e. The molecule has 1 aliphatic heterocycles. The van der Waals surface area contributed by atoms with Crippen molar-refractivity contribution in [1.29, 1.82) is 5.26 Å². The fraction of sp³-hybridized carbons (Fsp3) is 0.238. The van der Waals surface area contributed by atoms with E-state index < -0.39 is 16.2 Å². The molecule has 1 aromatic heterocycles. The van der Waals surface area contributed by atoms with Crippen LogP contribution in [0.2, 0.25) is 0 Å². The Hall–Kier alpha value is -3.55. The highest BCUT2D eigenvalue weighted by atomic mass is 32.2. The Morgan fingerprint density at radius 1 is 1.16 bits per heavy atom. The lowest BCUT2D eigenvalue weighted by atomic mass is 9.99. The molecule has 0 fully saturated rings. The second kappa shape index (κ2) is 7.94. The molecular weight excluding hydrogens is 418 g/mol. The van der Waals surface area contributed by atoms with Crippen molar-refractivity contribution < 1.29 is 17.3 Å². The van der Waals surface area contributed by atoms with Gasteiger partial charge in [-0.1, -0.05) is 12.1 Å². The van der Waals surface area contributed by atoms with Gasteiger partial charge in [0.05, 0.1) is 43.0 Å². The molecule has 0 saturated carbocycles. The van der Waals surface area contributed by atoms with Crippen LogP contribution in [-0.2, 0) is 14.3 Å². The average Bonchev–Trinajstić information content (AvgIpc) is 3.07. The quantitative estimate of drug-likeness (QED) is 0.562. The van der Waals surface area contributed by atoms with E-state index in [2.05, 4.69) is 16.3 Å². The fourth-order valence-electron chi connectivity index (χ4n) is 3.43. The molecule has 9 nitrogen and oxygen atoms in total. The normalized spacial score (nSPS) is 15.3. The number of hydrogen-bond acceptors (Lipinski definition) is 8. The number of rotatable bonds is 5. The molecule has 1 atom stereocenters. The van der Waals surface area contributed by atoms with Crippen LogP contribution in [0.5, 0.6) is 5.75 Å². The third-order valence-electron chi connectivity index (χ3n) is 4.86. The molecule has 0 amide bonds. The van der Waals surface area contributed by atoms with Crippen molar-refractivity contribution in [1.82, 2.24) is 14.8 Å². The van der Waals surface area contributed by atoms with Gasteiger partial charge in [0.15, 0.2) is 5.82 Å². The number of aromatic nitrogens is 3. The molecule has 2 heterocycles. The summed E-state index contributed by atoms with van der Waals surface area (Å²) in [6.07, 6.45) is 0.991. The zero-order valence-corrected chi connectivity index (χ0v) is 17.9. The van der Waals surface area contributed by atoms with Gasteiger partial charge in [0, 0.05) is 11.1 Å². The number of hydrogen-bond donors (Lipinski definition) is 0. The number of fused-ring (bicyclic) bond motifs is 3. The van der Waals surface area contributed by atoms with E-state index in [1.165, 1.54) is 0 Å². The minimum atomic E-state index is -3.68. The number of aliphatic imine (C=N–C) groups is 1. The van der Waals surface area contributed by atoms with E-state index in [4.69, 9.17) is 19.2 Å². The van der Waals surface area contributed by atoms with Gasteiger partial charge in [-0.25, -0.2) is 0 Å². The molecule has 4 rings (SSSR count). The van der Waals surface area contributed by atoms with E-state index in [9.17, 15) is 8.42 Å². The molecule has 10 heteroatoms. The summed E-state index contributed by atoms with van der Waals surface area (Å²) in [5, 5.41) is 17.6. The van der Waals surface area contributed by atoms with Crippen molar-refractivity contribution in [2.45, 2.75) is 13.0 Å². The van der Waals surface area contributed by atoms with Crippen molar-refractivity contribution in [3.63, 3.8) is 0 Å². The molecule has 3 aromatic rings. The number of nitrogens with zero attached hydrogens (tertiary/aromatic N) is 5. The van der Waals surface area contributed by atoms with Gasteiger partial charge in [-0.3, -0.25) is 13.7 Å². The SMILES string of the molecule is COc1ccc2c(c1)C(c1ccc(C#N)cc1)=N[C@@H](COS(C)(=O)=O)c1nnc(C)n1-2. The molecule has 158 valence electrons. The van der Waals surface area contributed by atoms with Gasteiger partial charge < -0.3 is 4.74 Å². The molecule has 0 aliphatic carbocycles. The second-order valence-corrected chi connectivity index (χ2v) is 8.64. The Kier molecular flexibility index (Phi) is 5.31. The minimum absolute atomic E-state index is 0.220. The van der Waals surface area contributed by atoms with Crippen LogP contribution >= 0.6 is 0 Å². The first-order chi connectivity index (χ1) is 14.8. The predicted octanol–water partition coefficient (Wildman–Crippen LogP) is 2.32. The number of ether oxygens (including phenoxy) is 1. The van der Waals surface area contributed by atoms with E-state index in [0.29, 0.717) is 28.7 Å². The maximum Gasteiger partial charge on any atom is 0.264 e. The van der Waals surface area contributed by atoms with Crippen LogP contribution < -0.4 is 4.74 Å². The molecule has 0 spiro atoms. The van der Waals surface area contributed by atoms with Crippen LogP contribution in [0.3, 0.4) is 0 Å². The highest BCUT2D eigenvalue weighted by Gasteiger charge is 2.29.